The highest BCUT2D eigenvalue weighted by atomic mass is 19.4. The van der Waals surface area contributed by atoms with Crippen LogP contribution in [-0.2, 0) is 11.3 Å². The third-order valence-electron chi connectivity index (χ3n) is 5.12. The summed E-state index contributed by atoms with van der Waals surface area (Å²) in [5.41, 5.74) is -3.42. The highest BCUT2D eigenvalue weighted by Gasteiger charge is 2.67. The highest BCUT2D eigenvalue weighted by Crippen LogP contribution is 2.39. The topological polar surface area (TPSA) is 61.8 Å². The molecule has 168 valence electrons. The van der Waals surface area contributed by atoms with Crippen molar-refractivity contribution in [2.24, 2.45) is 4.99 Å². The van der Waals surface area contributed by atoms with Crippen LogP contribution in [0.4, 0.5) is 17.6 Å². The average Bonchev–Trinajstić information content (AvgIpc) is 3.08. The maximum atomic E-state index is 14.4. The Morgan fingerprint density at radius 2 is 1.48 bits per heavy atom. The van der Waals surface area contributed by atoms with Crippen LogP contribution in [-0.4, -0.2) is 34.4 Å². The van der Waals surface area contributed by atoms with Gasteiger partial charge in [-0.1, -0.05) is 72.8 Å². The first-order chi connectivity index (χ1) is 15.7. The lowest BCUT2D eigenvalue weighted by Gasteiger charge is -2.29. The van der Waals surface area contributed by atoms with E-state index in [4.69, 9.17) is 0 Å². The van der Waals surface area contributed by atoms with Crippen LogP contribution < -0.4 is 5.32 Å². The zero-order valence-corrected chi connectivity index (χ0v) is 17.0. The van der Waals surface area contributed by atoms with Crippen LogP contribution in [0.2, 0.25) is 0 Å². The Balaban J connectivity index is 1.82. The number of nitrogens with zero attached hydrogens (tertiary/aromatic N) is 2. The van der Waals surface area contributed by atoms with Gasteiger partial charge in [-0.2, -0.15) is 13.2 Å². The first kappa shape index (κ1) is 22.2. The maximum Gasteiger partial charge on any atom is 0.442 e. The van der Waals surface area contributed by atoms with Crippen LogP contribution in [0.15, 0.2) is 89.9 Å². The monoisotopic (exact) mass is 455 g/mol. The summed E-state index contributed by atoms with van der Waals surface area (Å²) in [5.74, 6) is -4.17. The van der Waals surface area contributed by atoms with Gasteiger partial charge in [0.25, 0.3) is 11.8 Å². The van der Waals surface area contributed by atoms with Crippen molar-refractivity contribution in [3.05, 3.63) is 107 Å². The number of alkyl halides is 3. The number of hydrogen-bond acceptors (Lipinski definition) is 3. The van der Waals surface area contributed by atoms with E-state index in [2.05, 4.69) is 4.99 Å². The molecule has 1 atom stereocenters. The third-order valence-corrected chi connectivity index (χ3v) is 5.12. The molecular formula is C24H17F4N3O2. The summed E-state index contributed by atoms with van der Waals surface area (Å²) in [4.78, 5) is 30.5. The second kappa shape index (κ2) is 8.50. The molecule has 0 aliphatic carbocycles. The Labute approximate surface area is 186 Å². The number of halogens is 4. The van der Waals surface area contributed by atoms with Crippen LogP contribution in [0.5, 0.6) is 0 Å². The molecule has 0 bridgehead atoms. The van der Waals surface area contributed by atoms with E-state index >= 15 is 0 Å². The Morgan fingerprint density at radius 1 is 0.909 bits per heavy atom. The van der Waals surface area contributed by atoms with Crippen molar-refractivity contribution in [2.45, 2.75) is 18.4 Å². The fourth-order valence-corrected chi connectivity index (χ4v) is 3.49. The molecule has 0 fully saturated rings. The van der Waals surface area contributed by atoms with Gasteiger partial charge in [0.2, 0.25) is 0 Å². The summed E-state index contributed by atoms with van der Waals surface area (Å²) >= 11 is 0. The molecule has 33 heavy (non-hydrogen) atoms. The first-order valence-corrected chi connectivity index (χ1v) is 9.88. The summed E-state index contributed by atoms with van der Waals surface area (Å²) < 4.78 is 57.2. The minimum absolute atomic E-state index is 0.208. The van der Waals surface area contributed by atoms with E-state index in [1.165, 1.54) is 24.3 Å². The van der Waals surface area contributed by atoms with Gasteiger partial charge in [-0.15, -0.1) is 0 Å². The molecule has 1 aliphatic rings. The number of amidine groups is 1. The van der Waals surface area contributed by atoms with Crippen LogP contribution in [0.3, 0.4) is 0 Å². The van der Waals surface area contributed by atoms with E-state index in [1.807, 2.05) is 0 Å². The fourth-order valence-electron chi connectivity index (χ4n) is 3.49. The molecule has 1 heterocycles. The number of hydrogen-bond donors (Lipinski definition) is 1. The molecule has 3 aromatic carbocycles. The SMILES string of the molecule is O=C(NC1(C(F)(F)F)N=C(c2ccccc2)N(Cc2ccccc2)C1=O)c1ccccc1F. The first-order valence-electron chi connectivity index (χ1n) is 9.88. The van der Waals surface area contributed by atoms with Gasteiger partial charge in [0.1, 0.15) is 11.7 Å². The van der Waals surface area contributed by atoms with Gasteiger partial charge in [-0.3, -0.25) is 14.5 Å². The molecule has 1 unspecified atom stereocenters. The van der Waals surface area contributed by atoms with Crippen molar-refractivity contribution >= 4 is 17.6 Å². The standard InChI is InChI=1S/C24H17F4N3O2/c25-19-14-8-7-13-18(19)21(32)30-23(24(26,27)28)22(33)31(15-16-9-3-1-4-10-16)20(29-23)17-11-5-2-6-12-17/h1-14H,15H2,(H,30,32). The Hall–Kier alpha value is -4.01. The molecule has 0 spiro atoms. The zero-order valence-electron chi connectivity index (χ0n) is 17.0. The van der Waals surface area contributed by atoms with Crippen LogP contribution in [0, 0.1) is 5.82 Å². The van der Waals surface area contributed by atoms with Gasteiger partial charge in [0.15, 0.2) is 0 Å². The summed E-state index contributed by atoms with van der Waals surface area (Å²) in [5, 5.41) is 1.67. The van der Waals surface area contributed by atoms with E-state index in [0.717, 1.165) is 17.0 Å². The highest BCUT2D eigenvalue weighted by molar-refractivity contribution is 6.16. The fraction of sp³-hybridized carbons (Fsp3) is 0.125. The molecule has 1 N–H and O–H groups in total. The van der Waals surface area contributed by atoms with Gasteiger partial charge in [0, 0.05) is 5.56 Å². The van der Waals surface area contributed by atoms with Gasteiger partial charge in [-0.05, 0) is 17.7 Å². The minimum atomic E-state index is -5.30. The predicted molar refractivity (Wildman–Crippen MR) is 113 cm³/mol. The number of benzene rings is 3. The van der Waals surface area contributed by atoms with Gasteiger partial charge >= 0.3 is 11.8 Å². The maximum absolute atomic E-state index is 14.4. The van der Waals surface area contributed by atoms with E-state index in [1.54, 1.807) is 53.8 Å². The summed E-state index contributed by atoms with van der Waals surface area (Å²) in [7, 11) is 0. The quantitative estimate of drug-likeness (QED) is 0.583. The van der Waals surface area contributed by atoms with E-state index in [9.17, 15) is 27.2 Å². The predicted octanol–water partition coefficient (Wildman–Crippen LogP) is 4.30. The number of carbonyl (C=O) groups is 2. The van der Waals surface area contributed by atoms with Crippen LogP contribution in [0.25, 0.3) is 0 Å². The molecule has 2 amide bonds. The number of amides is 2. The van der Waals surface area contributed by atoms with Crippen LogP contribution in [0.1, 0.15) is 21.5 Å². The minimum Gasteiger partial charge on any atom is -0.312 e. The molecule has 4 rings (SSSR count). The van der Waals surface area contributed by atoms with Gasteiger partial charge in [-0.25, -0.2) is 9.38 Å². The molecule has 5 nitrogen and oxygen atoms in total. The number of rotatable bonds is 5. The number of aliphatic imine (C=N–C) groups is 1. The Bertz CT molecular complexity index is 1210. The summed E-state index contributed by atoms with van der Waals surface area (Å²) in [6.07, 6.45) is -5.30. The molecule has 0 radical (unpaired) electrons. The lowest BCUT2D eigenvalue weighted by atomic mass is 10.1. The third kappa shape index (κ3) is 4.09. The van der Waals surface area contributed by atoms with E-state index in [-0.39, 0.29) is 17.9 Å². The molecule has 9 heteroatoms. The second-order valence-corrected chi connectivity index (χ2v) is 7.32. The molecule has 1 aliphatic heterocycles. The smallest absolute Gasteiger partial charge is 0.312 e. The lowest BCUT2D eigenvalue weighted by Crippen LogP contribution is -2.63. The van der Waals surface area contributed by atoms with Crippen molar-refractivity contribution < 1.29 is 27.2 Å². The molecule has 0 saturated heterocycles. The number of nitrogens with one attached hydrogen (secondary N) is 1. The molecule has 3 aromatic rings. The number of carbonyl (C=O) groups excluding carboxylic acids is 2. The van der Waals surface area contributed by atoms with Crippen molar-refractivity contribution in [3.8, 4) is 0 Å². The molecular weight excluding hydrogens is 438 g/mol. The Morgan fingerprint density at radius 3 is 2.09 bits per heavy atom. The largest absolute Gasteiger partial charge is 0.442 e. The zero-order chi connectivity index (χ0) is 23.6. The molecule has 0 aromatic heterocycles. The second-order valence-electron chi connectivity index (χ2n) is 7.32. The lowest BCUT2D eigenvalue weighted by molar-refractivity contribution is -0.196. The van der Waals surface area contributed by atoms with Gasteiger partial charge < -0.3 is 5.32 Å². The van der Waals surface area contributed by atoms with Gasteiger partial charge in [0.05, 0.1) is 12.1 Å². The van der Waals surface area contributed by atoms with Crippen molar-refractivity contribution in [1.29, 1.82) is 0 Å². The Kier molecular flexibility index (Phi) is 5.71. The summed E-state index contributed by atoms with van der Waals surface area (Å²) in [6.45, 7) is -0.208. The van der Waals surface area contributed by atoms with Crippen molar-refractivity contribution in [1.82, 2.24) is 10.2 Å². The van der Waals surface area contributed by atoms with E-state index < -0.39 is 35.0 Å². The summed E-state index contributed by atoms with van der Waals surface area (Å²) in [6, 6.07) is 20.8. The average molecular weight is 455 g/mol. The normalized spacial score (nSPS) is 18.2. The van der Waals surface area contributed by atoms with Crippen LogP contribution >= 0.6 is 0 Å². The van der Waals surface area contributed by atoms with E-state index in [0.29, 0.717) is 5.56 Å². The van der Waals surface area contributed by atoms with Crippen molar-refractivity contribution in [2.75, 3.05) is 0 Å². The molecule has 0 saturated carbocycles. The van der Waals surface area contributed by atoms with Crippen molar-refractivity contribution in [3.63, 3.8) is 0 Å².